The van der Waals surface area contributed by atoms with Gasteiger partial charge in [-0.1, -0.05) is 12.1 Å². The number of hydrogen-bond donors (Lipinski definition) is 1. The van der Waals surface area contributed by atoms with Crippen LogP contribution < -0.4 is 5.46 Å². The summed E-state index contributed by atoms with van der Waals surface area (Å²) < 4.78 is 19.1. The number of aliphatic hydroxyl groups is 1. The molecule has 1 rings (SSSR count). The number of benzene rings is 1. The van der Waals surface area contributed by atoms with Gasteiger partial charge >= 0.3 is 13.2 Å². The standard InChI is InChI=1S/C12H16BFNO4/c1-11(2,16)12(3,4)19-13-8-6-5-7-9(10(8)14)15(17)18/h5-7,16H,1-4H3. The maximum absolute atomic E-state index is 13.8. The Balaban J connectivity index is 2.91. The Morgan fingerprint density at radius 1 is 1.37 bits per heavy atom. The fourth-order valence-corrected chi connectivity index (χ4v) is 1.12. The molecule has 1 aromatic rings. The molecule has 19 heavy (non-hydrogen) atoms. The van der Waals surface area contributed by atoms with E-state index in [1.54, 1.807) is 27.7 Å². The summed E-state index contributed by atoms with van der Waals surface area (Å²) in [6, 6.07) is 3.81. The Bertz CT molecular complexity index is 485. The van der Waals surface area contributed by atoms with Crippen LogP contribution in [0.25, 0.3) is 0 Å². The highest BCUT2D eigenvalue weighted by atomic mass is 19.1. The zero-order valence-corrected chi connectivity index (χ0v) is 11.3. The number of hydrogen-bond acceptors (Lipinski definition) is 4. The van der Waals surface area contributed by atoms with Crippen LogP contribution in [0.15, 0.2) is 18.2 Å². The first-order valence-electron chi connectivity index (χ1n) is 5.72. The molecule has 0 saturated heterocycles. The molecule has 0 aliphatic carbocycles. The van der Waals surface area contributed by atoms with E-state index >= 15 is 0 Å². The largest absolute Gasteiger partial charge is 0.427 e. The van der Waals surface area contributed by atoms with Gasteiger partial charge in [0.15, 0.2) is 5.82 Å². The normalized spacial score (nSPS) is 12.3. The molecule has 0 spiro atoms. The Morgan fingerprint density at radius 3 is 2.42 bits per heavy atom. The lowest BCUT2D eigenvalue weighted by Gasteiger charge is -2.37. The number of rotatable bonds is 5. The van der Waals surface area contributed by atoms with Crippen molar-refractivity contribution in [3.8, 4) is 0 Å². The Labute approximate surface area is 111 Å². The van der Waals surface area contributed by atoms with Crippen LogP contribution in [0.5, 0.6) is 0 Å². The lowest BCUT2D eigenvalue weighted by atomic mass is 9.82. The molecule has 0 atom stereocenters. The summed E-state index contributed by atoms with van der Waals surface area (Å²) in [6.07, 6.45) is 0. The Kier molecular flexibility index (Phi) is 4.32. The van der Waals surface area contributed by atoms with Gasteiger partial charge in [-0.15, -0.1) is 0 Å². The topological polar surface area (TPSA) is 72.6 Å². The predicted molar refractivity (Wildman–Crippen MR) is 69.9 cm³/mol. The van der Waals surface area contributed by atoms with Crippen molar-refractivity contribution in [1.82, 2.24) is 0 Å². The molecule has 1 aromatic carbocycles. The average Bonchev–Trinajstić information content (AvgIpc) is 2.25. The van der Waals surface area contributed by atoms with E-state index in [1.165, 1.54) is 12.1 Å². The maximum atomic E-state index is 13.8. The third kappa shape index (κ3) is 3.51. The fraction of sp³-hybridized carbons (Fsp3) is 0.500. The molecule has 0 unspecified atom stereocenters. The quantitative estimate of drug-likeness (QED) is 0.499. The van der Waals surface area contributed by atoms with Gasteiger partial charge < -0.3 is 9.76 Å². The van der Waals surface area contributed by atoms with E-state index in [-0.39, 0.29) is 5.46 Å². The third-order valence-corrected chi connectivity index (χ3v) is 3.16. The highest BCUT2D eigenvalue weighted by Crippen LogP contribution is 2.24. The van der Waals surface area contributed by atoms with Gasteiger partial charge in [-0.3, -0.25) is 10.1 Å². The molecular formula is C12H16BFNO4. The lowest BCUT2D eigenvalue weighted by Crippen LogP contribution is -2.49. The first kappa shape index (κ1) is 15.6. The van der Waals surface area contributed by atoms with E-state index in [0.29, 0.717) is 0 Å². The SMILES string of the molecule is CC(C)(O)C(C)(C)O[B]c1cccc([N+](=O)[O-])c1F. The summed E-state index contributed by atoms with van der Waals surface area (Å²) in [6.45, 7) is 6.40. The second-order valence-corrected chi connectivity index (χ2v) is 5.24. The molecule has 7 heteroatoms. The molecule has 103 valence electrons. The summed E-state index contributed by atoms with van der Waals surface area (Å²) in [5.41, 5.74) is -2.77. The van der Waals surface area contributed by atoms with Gasteiger partial charge in [-0.05, 0) is 33.2 Å². The van der Waals surface area contributed by atoms with Crippen LogP contribution in [0.2, 0.25) is 0 Å². The lowest BCUT2D eigenvalue weighted by molar-refractivity contribution is -0.387. The van der Waals surface area contributed by atoms with Gasteiger partial charge in [0.05, 0.1) is 16.1 Å². The minimum Gasteiger partial charge on any atom is -0.427 e. The van der Waals surface area contributed by atoms with E-state index in [0.717, 1.165) is 13.5 Å². The molecule has 1 N–H and O–H groups in total. The molecule has 0 aliphatic rings. The van der Waals surface area contributed by atoms with Crippen LogP contribution in [-0.2, 0) is 4.65 Å². The van der Waals surface area contributed by atoms with E-state index in [9.17, 15) is 19.6 Å². The number of nitro benzene ring substituents is 1. The van der Waals surface area contributed by atoms with Gasteiger partial charge in [0, 0.05) is 6.07 Å². The van der Waals surface area contributed by atoms with Crippen LogP contribution in [0, 0.1) is 15.9 Å². The van der Waals surface area contributed by atoms with Gasteiger partial charge in [0.2, 0.25) is 0 Å². The Morgan fingerprint density at radius 2 is 1.95 bits per heavy atom. The second-order valence-electron chi connectivity index (χ2n) is 5.24. The molecule has 0 aromatic heterocycles. The van der Waals surface area contributed by atoms with Crippen molar-refractivity contribution in [2.24, 2.45) is 0 Å². The minimum absolute atomic E-state index is 0.0356. The predicted octanol–water partition coefficient (Wildman–Crippen LogP) is 1.54. The number of nitro groups is 1. The van der Waals surface area contributed by atoms with Crippen molar-refractivity contribution in [2.45, 2.75) is 38.9 Å². The molecule has 1 radical (unpaired) electrons. The molecule has 0 heterocycles. The molecule has 5 nitrogen and oxygen atoms in total. The molecule has 0 saturated carbocycles. The van der Waals surface area contributed by atoms with Crippen LogP contribution in [-0.4, -0.2) is 28.7 Å². The summed E-state index contributed by atoms with van der Waals surface area (Å²) in [7, 11) is 1.08. The molecular weight excluding hydrogens is 252 g/mol. The Hall–Kier alpha value is -1.47. The summed E-state index contributed by atoms with van der Waals surface area (Å²) >= 11 is 0. The summed E-state index contributed by atoms with van der Waals surface area (Å²) in [4.78, 5) is 9.81. The highest BCUT2D eigenvalue weighted by Gasteiger charge is 2.36. The fourth-order valence-electron chi connectivity index (χ4n) is 1.12. The monoisotopic (exact) mass is 268 g/mol. The van der Waals surface area contributed by atoms with Crippen molar-refractivity contribution in [3.05, 3.63) is 34.1 Å². The summed E-state index contributed by atoms with van der Waals surface area (Å²) in [5.74, 6) is -0.959. The van der Waals surface area contributed by atoms with Crippen molar-refractivity contribution in [1.29, 1.82) is 0 Å². The van der Waals surface area contributed by atoms with Crippen molar-refractivity contribution in [3.63, 3.8) is 0 Å². The maximum Gasteiger partial charge on any atom is 0.334 e. The number of nitrogens with zero attached hydrogens (tertiary/aromatic N) is 1. The van der Waals surface area contributed by atoms with Gasteiger partial charge in [0.1, 0.15) is 0 Å². The second kappa shape index (κ2) is 5.26. The van der Waals surface area contributed by atoms with Crippen molar-refractivity contribution >= 4 is 18.6 Å². The molecule has 0 aliphatic heterocycles. The summed E-state index contributed by atoms with van der Waals surface area (Å²) in [5, 5.41) is 20.5. The molecule has 0 amide bonds. The smallest absolute Gasteiger partial charge is 0.334 e. The van der Waals surface area contributed by atoms with Crippen LogP contribution in [0.3, 0.4) is 0 Å². The molecule has 0 fully saturated rings. The third-order valence-electron chi connectivity index (χ3n) is 3.16. The van der Waals surface area contributed by atoms with Gasteiger partial charge in [-0.25, -0.2) is 0 Å². The zero-order valence-electron chi connectivity index (χ0n) is 11.3. The van der Waals surface area contributed by atoms with Gasteiger partial charge in [0.25, 0.3) is 0 Å². The number of halogens is 1. The minimum atomic E-state index is -1.15. The van der Waals surface area contributed by atoms with Crippen LogP contribution in [0.1, 0.15) is 27.7 Å². The van der Waals surface area contributed by atoms with Crippen molar-refractivity contribution < 1.29 is 19.1 Å². The van der Waals surface area contributed by atoms with Crippen LogP contribution in [0.4, 0.5) is 10.1 Å². The van der Waals surface area contributed by atoms with Crippen molar-refractivity contribution in [2.75, 3.05) is 0 Å². The van der Waals surface area contributed by atoms with Gasteiger partial charge in [-0.2, -0.15) is 4.39 Å². The average molecular weight is 268 g/mol. The highest BCUT2D eigenvalue weighted by molar-refractivity contribution is 6.47. The van der Waals surface area contributed by atoms with Crippen LogP contribution >= 0.6 is 0 Å². The van der Waals surface area contributed by atoms with E-state index in [1.807, 2.05) is 0 Å². The zero-order chi connectivity index (χ0) is 14.8. The first-order valence-corrected chi connectivity index (χ1v) is 5.72. The van der Waals surface area contributed by atoms with E-state index in [2.05, 4.69) is 0 Å². The van der Waals surface area contributed by atoms with E-state index < -0.39 is 27.6 Å². The first-order chi connectivity index (χ1) is 8.56. The van der Waals surface area contributed by atoms with E-state index in [4.69, 9.17) is 4.65 Å². The molecule has 0 bridgehead atoms.